The van der Waals surface area contributed by atoms with E-state index in [2.05, 4.69) is 73.8 Å². The van der Waals surface area contributed by atoms with E-state index >= 15 is 0 Å². The lowest BCUT2D eigenvalue weighted by molar-refractivity contribution is -0.115. The zero-order valence-electron chi connectivity index (χ0n) is 33.9. The molecule has 2 amide bonds. The average Bonchev–Trinajstić information content (AvgIpc) is 4.19. The van der Waals surface area contributed by atoms with Gasteiger partial charge in [0.25, 0.3) is 5.91 Å². The van der Waals surface area contributed by atoms with E-state index < -0.39 is 0 Å². The number of nitrogens with zero attached hydrogens (tertiary/aromatic N) is 2. The van der Waals surface area contributed by atoms with Gasteiger partial charge in [-0.3, -0.25) is 9.59 Å². The van der Waals surface area contributed by atoms with Gasteiger partial charge in [-0.25, -0.2) is 9.97 Å². The first-order valence-electron chi connectivity index (χ1n) is 20.3. The molecule has 0 atom stereocenters. The van der Waals surface area contributed by atoms with Crippen molar-refractivity contribution in [1.29, 1.82) is 0 Å². The number of hydrogen-bond donors (Lipinski definition) is 4. The minimum Gasteiger partial charge on any atom is -0.482 e. The molecule has 0 bridgehead atoms. The Morgan fingerprint density at radius 3 is 1.76 bits per heavy atom. The van der Waals surface area contributed by atoms with Crippen LogP contribution in [0, 0.1) is 0 Å². The molecule has 0 saturated heterocycles. The van der Waals surface area contributed by atoms with Gasteiger partial charge in [-0.1, -0.05) is 109 Å². The molecule has 0 spiro atoms. The van der Waals surface area contributed by atoms with Crippen LogP contribution in [-0.4, -0.2) is 38.9 Å². The number of H-pyrrole nitrogens is 2. The Hall–Kier alpha value is -7.86. The van der Waals surface area contributed by atoms with Crippen LogP contribution in [0.3, 0.4) is 0 Å². The van der Waals surface area contributed by atoms with Crippen LogP contribution >= 0.6 is 22.7 Å². The summed E-state index contributed by atoms with van der Waals surface area (Å²) in [5.74, 6) is 0.783. The molecule has 2 aliphatic rings. The lowest BCUT2D eigenvalue weighted by Crippen LogP contribution is -2.03. The van der Waals surface area contributed by atoms with Gasteiger partial charge in [-0.2, -0.15) is 0 Å². The number of carbonyl (C=O) groups is 2. The number of benzene rings is 6. The minimum absolute atomic E-state index is 0.0606. The molecule has 63 heavy (non-hydrogen) atoms. The third-order valence-electron chi connectivity index (χ3n) is 10.8. The van der Waals surface area contributed by atoms with Gasteiger partial charge in [0, 0.05) is 78.1 Å². The number of amides is 2. The van der Waals surface area contributed by atoms with Gasteiger partial charge in [-0.05, 0) is 59.5 Å². The summed E-state index contributed by atoms with van der Waals surface area (Å²) in [6, 6.07) is 52.6. The first kappa shape index (κ1) is 39.3. The number of thiazole rings is 2. The number of rotatable bonds is 6. The van der Waals surface area contributed by atoms with Crippen molar-refractivity contribution in [2.45, 2.75) is 6.42 Å². The van der Waals surface area contributed by atoms with Gasteiger partial charge in [0.05, 0.1) is 30.5 Å². The molecule has 6 heterocycles. The van der Waals surface area contributed by atoms with Gasteiger partial charge in [0.1, 0.15) is 10.0 Å². The molecule has 6 aromatic carbocycles. The maximum Gasteiger partial charge on any atom is 0.256 e. The van der Waals surface area contributed by atoms with E-state index in [-0.39, 0.29) is 11.8 Å². The predicted octanol–water partition coefficient (Wildman–Crippen LogP) is 12.6. The fraction of sp³-hybridized carbons (Fsp3) is 0.0385. The second-order valence-corrected chi connectivity index (χ2v) is 16.6. The van der Waals surface area contributed by atoms with Crippen molar-refractivity contribution < 1.29 is 14.3 Å². The number of aromatic nitrogens is 4. The second-order valence-electron chi connectivity index (χ2n) is 14.9. The largest absolute Gasteiger partial charge is 0.482 e. The van der Waals surface area contributed by atoms with E-state index in [0.717, 1.165) is 94.2 Å². The van der Waals surface area contributed by atoms with Crippen molar-refractivity contribution in [3.8, 4) is 49.5 Å². The van der Waals surface area contributed by atoms with E-state index in [4.69, 9.17) is 14.7 Å². The maximum atomic E-state index is 12.7. The highest BCUT2D eigenvalue weighted by molar-refractivity contribution is 7.13. The van der Waals surface area contributed by atoms with Crippen LogP contribution in [0.4, 0.5) is 11.4 Å². The summed E-state index contributed by atoms with van der Waals surface area (Å²) in [6.07, 6.45) is 2.38. The van der Waals surface area contributed by atoms with Crippen molar-refractivity contribution in [2.75, 3.05) is 17.7 Å². The highest BCUT2D eigenvalue weighted by Gasteiger charge is 2.25. The molecule has 0 saturated carbocycles. The first-order valence-corrected chi connectivity index (χ1v) is 22.0. The monoisotopic (exact) mass is 858 g/mol. The number of hydrogen-bond acceptors (Lipinski definition) is 7. The Balaban J connectivity index is 0.000000126. The molecule has 9 nitrogen and oxygen atoms in total. The number of ether oxygens (including phenoxy) is 1. The smallest absolute Gasteiger partial charge is 0.256 e. The fourth-order valence-electron chi connectivity index (χ4n) is 7.60. The maximum absolute atomic E-state index is 12.7. The van der Waals surface area contributed by atoms with Crippen molar-refractivity contribution in [2.24, 2.45) is 0 Å². The Labute approximate surface area is 370 Å². The lowest BCUT2D eigenvalue weighted by Gasteiger charge is -2.02. The molecule has 4 N–H and O–H groups in total. The highest BCUT2D eigenvalue weighted by atomic mass is 32.1. The Morgan fingerprint density at radius 1 is 0.571 bits per heavy atom. The molecule has 4 aromatic heterocycles. The van der Waals surface area contributed by atoms with Gasteiger partial charge >= 0.3 is 0 Å². The molecule has 306 valence electrons. The number of aromatic amines is 2. The normalized spacial score (nSPS) is 13.1. The fourth-order valence-corrected chi connectivity index (χ4v) is 9.27. The Morgan fingerprint density at radius 2 is 1.14 bits per heavy atom. The summed E-state index contributed by atoms with van der Waals surface area (Å²) >= 11 is 3.26. The molecule has 11 heteroatoms. The van der Waals surface area contributed by atoms with Crippen LogP contribution in [0.2, 0.25) is 0 Å². The first-order chi connectivity index (χ1) is 30.9. The van der Waals surface area contributed by atoms with Crippen LogP contribution in [0.1, 0.15) is 16.8 Å². The van der Waals surface area contributed by atoms with Gasteiger partial charge in [0.2, 0.25) is 5.91 Å². The molecule has 0 radical (unpaired) electrons. The number of fused-ring (bicyclic) bond motifs is 4. The lowest BCUT2D eigenvalue weighted by atomic mass is 10.0. The third kappa shape index (κ3) is 8.43. The van der Waals surface area contributed by atoms with Crippen LogP contribution < -0.4 is 15.4 Å². The van der Waals surface area contributed by atoms with Crippen LogP contribution in [0.15, 0.2) is 168 Å². The molecular formula is C52H38N6O3S2. The summed E-state index contributed by atoms with van der Waals surface area (Å²) < 4.78 is 5.04. The summed E-state index contributed by atoms with van der Waals surface area (Å²) in [5, 5.41) is 14.3. The zero-order valence-corrected chi connectivity index (χ0v) is 35.5. The topological polar surface area (TPSA) is 125 Å². The van der Waals surface area contributed by atoms with E-state index in [1.54, 1.807) is 29.8 Å². The summed E-state index contributed by atoms with van der Waals surface area (Å²) in [6.45, 7) is 0. The minimum atomic E-state index is -0.0888. The molecule has 2 aliphatic heterocycles. The molecule has 12 rings (SSSR count). The number of anilines is 2. The van der Waals surface area contributed by atoms with Crippen LogP contribution in [0.25, 0.3) is 77.1 Å². The van der Waals surface area contributed by atoms with E-state index in [1.165, 1.54) is 5.39 Å². The van der Waals surface area contributed by atoms with Crippen molar-refractivity contribution in [3.63, 3.8) is 0 Å². The second kappa shape index (κ2) is 17.3. The average molecular weight is 859 g/mol. The number of para-hydroxylation sites is 2. The third-order valence-corrected chi connectivity index (χ3v) is 12.5. The van der Waals surface area contributed by atoms with Crippen LogP contribution in [-0.2, 0) is 16.0 Å². The van der Waals surface area contributed by atoms with Gasteiger partial charge < -0.3 is 25.3 Å². The molecule has 10 aromatic rings. The SMILES string of the molecule is COc1cc2ccccc2[nH]1.O=C1Cc2cc(-c3csc(-c4ccccc4)n3)ccc2N1.O=C1Nc2ccc(-c3csc(-c4ccccc4)n3)cc2/C1=C/c1cc2ccccc2[nH]1. The molecule has 0 aliphatic carbocycles. The van der Waals surface area contributed by atoms with E-state index in [9.17, 15) is 9.59 Å². The van der Waals surface area contributed by atoms with Gasteiger partial charge in [0.15, 0.2) is 5.88 Å². The van der Waals surface area contributed by atoms with Crippen molar-refractivity contribution >= 4 is 79.3 Å². The molecular weight excluding hydrogens is 821 g/mol. The Bertz CT molecular complexity index is 3240. The zero-order chi connectivity index (χ0) is 42.7. The van der Waals surface area contributed by atoms with E-state index in [0.29, 0.717) is 12.0 Å². The highest BCUT2D eigenvalue weighted by Crippen LogP contribution is 2.38. The van der Waals surface area contributed by atoms with Gasteiger partial charge in [-0.15, -0.1) is 22.7 Å². The number of methoxy groups -OCH3 is 1. The predicted molar refractivity (Wildman–Crippen MR) is 258 cm³/mol. The number of nitrogens with one attached hydrogen (secondary N) is 4. The number of carbonyl (C=O) groups excluding carboxylic acids is 2. The standard InChI is InChI=1S/C26H17N3OS.C17H12N2OS.C9H9NO/c30-25-21(14-19-12-17-8-4-5-9-22(17)27-19)20-13-18(10-11-23(20)28-25)24-15-31-26(29-24)16-6-2-1-3-7-16;20-16-9-13-8-12(6-7-14(13)18-16)15-10-21-17(19-15)11-4-2-1-3-5-11;1-11-9-6-7-4-2-3-5-8(7)10-9/h1-15,27H,(H,28,30);1-8,10H,9H2,(H,18,20);2-6,10H,1H3/b21-14-;;. The van der Waals surface area contributed by atoms with Crippen molar-refractivity contribution in [3.05, 3.63) is 185 Å². The summed E-state index contributed by atoms with van der Waals surface area (Å²) in [5.41, 5.74) is 13.6. The quantitative estimate of drug-likeness (QED) is 0.124. The van der Waals surface area contributed by atoms with E-state index in [1.807, 2.05) is 121 Å². The summed E-state index contributed by atoms with van der Waals surface area (Å²) in [4.78, 5) is 40.1. The van der Waals surface area contributed by atoms with Crippen molar-refractivity contribution in [1.82, 2.24) is 19.9 Å². The molecule has 0 unspecified atom stereocenters. The van der Waals surface area contributed by atoms with Crippen LogP contribution in [0.5, 0.6) is 5.88 Å². The molecule has 0 fully saturated rings. The summed E-state index contributed by atoms with van der Waals surface area (Å²) in [7, 11) is 1.66. The Kier molecular flexibility index (Phi) is 10.8.